The van der Waals surface area contributed by atoms with Crippen molar-refractivity contribution in [3.63, 3.8) is 0 Å². The summed E-state index contributed by atoms with van der Waals surface area (Å²) in [6.07, 6.45) is 5.87. The molecule has 0 heteroatoms. The third kappa shape index (κ3) is 2.85. The molecule has 0 spiro atoms. The fraction of sp³-hybridized carbons (Fsp3) is 0.556. The summed E-state index contributed by atoms with van der Waals surface area (Å²) in [7, 11) is 0. The Kier molecular flexibility index (Phi) is 3.94. The average molecular weight is 242 g/mol. The zero-order valence-electron chi connectivity index (χ0n) is 12.5. The molecular weight excluding hydrogens is 216 g/mol. The van der Waals surface area contributed by atoms with E-state index in [2.05, 4.69) is 52.8 Å². The third-order valence-corrected chi connectivity index (χ3v) is 3.85. The van der Waals surface area contributed by atoms with Crippen LogP contribution in [0.25, 0.3) is 0 Å². The molecule has 0 saturated heterocycles. The van der Waals surface area contributed by atoms with Crippen molar-refractivity contribution in [1.29, 1.82) is 0 Å². The van der Waals surface area contributed by atoms with E-state index in [0.717, 1.165) is 18.8 Å². The molecule has 1 aromatic carbocycles. The topological polar surface area (TPSA) is 0 Å². The number of rotatable bonds is 3. The Morgan fingerprint density at radius 2 is 1.78 bits per heavy atom. The standard InChI is InChI=1S/C18H26/c1-12(2)8-17-10-16-9-14(5)6-7-15(16)11-18(17)13(3)4/h6,10-13H,7-9H2,1-5H3. The predicted octanol–water partition coefficient (Wildman–Crippen LogP) is 5.05. The van der Waals surface area contributed by atoms with Crippen molar-refractivity contribution in [2.45, 2.75) is 59.8 Å². The summed E-state index contributed by atoms with van der Waals surface area (Å²) in [6.45, 7) is 11.5. The van der Waals surface area contributed by atoms with Crippen LogP contribution in [0.2, 0.25) is 0 Å². The largest absolute Gasteiger partial charge is 0.0809 e. The van der Waals surface area contributed by atoms with E-state index in [-0.39, 0.29) is 0 Å². The molecular formula is C18H26. The van der Waals surface area contributed by atoms with Gasteiger partial charge in [0.05, 0.1) is 0 Å². The van der Waals surface area contributed by atoms with Gasteiger partial charge in [0.1, 0.15) is 0 Å². The van der Waals surface area contributed by atoms with Crippen LogP contribution in [-0.2, 0) is 19.3 Å². The Balaban J connectivity index is 2.43. The molecule has 1 aliphatic carbocycles. The molecule has 0 saturated carbocycles. The van der Waals surface area contributed by atoms with Crippen molar-refractivity contribution >= 4 is 0 Å². The summed E-state index contributed by atoms with van der Waals surface area (Å²) in [5.74, 6) is 1.37. The number of benzene rings is 1. The van der Waals surface area contributed by atoms with Crippen LogP contribution in [0, 0.1) is 5.92 Å². The number of fused-ring (bicyclic) bond motifs is 1. The lowest BCUT2D eigenvalue weighted by Crippen LogP contribution is -2.08. The molecule has 0 radical (unpaired) electrons. The van der Waals surface area contributed by atoms with Crippen LogP contribution >= 0.6 is 0 Å². The van der Waals surface area contributed by atoms with Crippen molar-refractivity contribution in [3.05, 3.63) is 46.0 Å². The lowest BCUT2D eigenvalue weighted by Gasteiger charge is -2.22. The summed E-state index contributed by atoms with van der Waals surface area (Å²) < 4.78 is 0. The summed E-state index contributed by atoms with van der Waals surface area (Å²) in [5, 5.41) is 0. The molecule has 0 nitrogen and oxygen atoms in total. The molecule has 0 aromatic heterocycles. The minimum atomic E-state index is 0.635. The van der Waals surface area contributed by atoms with E-state index in [1.165, 1.54) is 12.0 Å². The average Bonchev–Trinajstić information content (AvgIpc) is 2.26. The van der Waals surface area contributed by atoms with Crippen LogP contribution in [0.3, 0.4) is 0 Å². The molecule has 0 amide bonds. The highest BCUT2D eigenvalue weighted by atomic mass is 14.2. The molecule has 0 N–H and O–H groups in total. The Morgan fingerprint density at radius 3 is 2.39 bits per heavy atom. The van der Waals surface area contributed by atoms with Crippen molar-refractivity contribution in [2.75, 3.05) is 0 Å². The Morgan fingerprint density at radius 1 is 1.06 bits per heavy atom. The van der Waals surface area contributed by atoms with Gasteiger partial charge < -0.3 is 0 Å². The van der Waals surface area contributed by atoms with Gasteiger partial charge in [-0.1, -0.05) is 51.5 Å². The van der Waals surface area contributed by atoms with Crippen LogP contribution in [0.4, 0.5) is 0 Å². The molecule has 0 fully saturated rings. The second-order valence-electron chi connectivity index (χ2n) is 6.50. The quantitative estimate of drug-likeness (QED) is 0.650. The minimum absolute atomic E-state index is 0.635. The Hall–Kier alpha value is -1.04. The highest BCUT2D eigenvalue weighted by Gasteiger charge is 2.15. The molecule has 0 atom stereocenters. The van der Waals surface area contributed by atoms with Crippen molar-refractivity contribution in [2.24, 2.45) is 5.92 Å². The van der Waals surface area contributed by atoms with Crippen LogP contribution < -0.4 is 0 Å². The van der Waals surface area contributed by atoms with E-state index in [9.17, 15) is 0 Å². The van der Waals surface area contributed by atoms with E-state index in [0.29, 0.717) is 5.92 Å². The first kappa shape index (κ1) is 13.4. The fourth-order valence-corrected chi connectivity index (χ4v) is 2.92. The van der Waals surface area contributed by atoms with Gasteiger partial charge in [-0.25, -0.2) is 0 Å². The monoisotopic (exact) mass is 242 g/mol. The van der Waals surface area contributed by atoms with Gasteiger partial charge in [-0.05, 0) is 60.3 Å². The van der Waals surface area contributed by atoms with Gasteiger partial charge in [-0.2, -0.15) is 0 Å². The summed E-state index contributed by atoms with van der Waals surface area (Å²) in [4.78, 5) is 0. The first-order valence-electron chi connectivity index (χ1n) is 7.27. The van der Waals surface area contributed by atoms with Gasteiger partial charge in [-0.15, -0.1) is 0 Å². The molecule has 0 heterocycles. The van der Waals surface area contributed by atoms with Gasteiger partial charge in [0, 0.05) is 0 Å². The maximum absolute atomic E-state index is 2.49. The Bertz CT molecular complexity index is 461. The second-order valence-corrected chi connectivity index (χ2v) is 6.50. The van der Waals surface area contributed by atoms with E-state index in [1.54, 1.807) is 22.3 Å². The molecule has 18 heavy (non-hydrogen) atoms. The van der Waals surface area contributed by atoms with Crippen LogP contribution in [0.15, 0.2) is 23.8 Å². The first-order chi connectivity index (χ1) is 8.47. The SMILES string of the molecule is CC1=CCc2cc(C(C)C)c(CC(C)C)cc2C1. The molecule has 0 unspecified atom stereocenters. The molecule has 2 rings (SSSR count). The maximum atomic E-state index is 2.49. The predicted molar refractivity (Wildman–Crippen MR) is 80.2 cm³/mol. The van der Waals surface area contributed by atoms with Gasteiger partial charge in [0.25, 0.3) is 0 Å². The van der Waals surface area contributed by atoms with Crippen LogP contribution in [0.5, 0.6) is 0 Å². The number of allylic oxidation sites excluding steroid dienone is 2. The summed E-state index contributed by atoms with van der Waals surface area (Å²) in [5.41, 5.74) is 7.78. The minimum Gasteiger partial charge on any atom is -0.0809 e. The van der Waals surface area contributed by atoms with Gasteiger partial charge in [0.15, 0.2) is 0 Å². The van der Waals surface area contributed by atoms with Gasteiger partial charge in [0.2, 0.25) is 0 Å². The van der Waals surface area contributed by atoms with Crippen LogP contribution in [0.1, 0.15) is 62.8 Å². The highest BCUT2D eigenvalue weighted by molar-refractivity contribution is 5.44. The molecule has 0 aliphatic heterocycles. The van der Waals surface area contributed by atoms with Crippen molar-refractivity contribution in [1.82, 2.24) is 0 Å². The number of hydrogen-bond acceptors (Lipinski definition) is 0. The van der Waals surface area contributed by atoms with Gasteiger partial charge in [-0.3, -0.25) is 0 Å². The third-order valence-electron chi connectivity index (χ3n) is 3.85. The van der Waals surface area contributed by atoms with Crippen molar-refractivity contribution in [3.8, 4) is 0 Å². The molecule has 0 bridgehead atoms. The first-order valence-corrected chi connectivity index (χ1v) is 7.27. The zero-order chi connectivity index (χ0) is 13.3. The second kappa shape index (κ2) is 5.30. The summed E-state index contributed by atoms with van der Waals surface area (Å²) in [6, 6.07) is 4.96. The normalized spacial score (nSPS) is 14.9. The molecule has 98 valence electrons. The van der Waals surface area contributed by atoms with E-state index in [4.69, 9.17) is 0 Å². The highest BCUT2D eigenvalue weighted by Crippen LogP contribution is 2.29. The Labute approximate surface area is 112 Å². The van der Waals surface area contributed by atoms with E-state index < -0.39 is 0 Å². The van der Waals surface area contributed by atoms with Gasteiger partial charge >= 0.3 is 0 Å². The lowest BCUT2D eigenvalue weighted by atomic mass is 9.83. The lowest BCUT2D eigenvalue weighted by molar-refractivity contribution is 0.637. The smallest absolute Gasteiger partial charge is 0.00668 e. The molecule has 1 aliphatic rings. The zero-order valence-corrected chi connectivity index (χ0v) is 12.5. The fourth-order valence-electron chi connectivity index (χ4n) is 2.92. The number of hydrogen-bond donors (Lipinski definition) is 0. The van der Waals surface area contributed by atoms with Crippen LogP contribution in [-0.4, -0.2) is 0 Å². The summed E-state index contributed by atoms with van der Waals surface area (Å²) >= 11 is 0. The molecule has 1 aromatic rings. The van der Waals surface area contributed by atoms with E-state index >= 15 is 0 Å². The van der Waals surface area contributed by atoms with E-state index in [1.807, 2.05) is 0 Å². The maximum Gasteiger partial charge on any atom is -0.00668 e. The van der Waals surface area contributed by atoms with Crippen molar-refractivity contribution < 1.29 is 0 Å².